The highest BCUT2D eigenvalue weighted by Crippen LogP contribution is 2.30. The minimum absolute atomic E-state index is 0.278. The molecule has 27 heavy (non-hydrogen) atoms. The average Bonchev–Trinajstić information content (AvgIpc) is 3.26. The summed E-state index contributed by atoms with van der Waals surface area (Å²) in [6.45, 7) is 4.78. The van der Waals surface area contributed by atoms with Crippen LogP contribution in [-0.4, -0.2) is 52.4 Å². The van der Waals surface area contributed by atoms with E-state index >= 15 is 0 Å². The van der Waals surface area contributed by atoms with Crippen molar-refractivity contribution in [3.05, 3.63) is 48.5 Å². The van der Waals surface area contributed by atoms with Crippen LogP contribution in [0.1, 0.15) is 24.8 Å². The van der Waals surface area contributed by atoms with E-state index in [2.05, 4.69) is 27.3 Å². The molecule has 2 aliphatic rings. The molecular formula is C20H26N4O3. The molecular weight excluding hydrogens is 344 g/mol. The Kier molecular flexibility index (Phi) is 5.29. The van der Waals surface area contributed by atoms with Gasteiger partial charge in [-0.25, -0.2) is 9.78 Å². The largest absolute Gasteiger partial charge is 0.491 e. The van der Waals surface area contributed by atoms with Gasteiger partial charge in [0.15, 0.2) is 0 Å². The molecule has 0 bridgehead atoms. The summed E-state index contributed by atoms with van der Waals surface area (Å²) in [7, 11) is 0. The molecule has 0 aliphatic carbocycles. The van der Waals surface area contributed by atoms with Crippen LogP contribution in [0.5, 0.6) is 5.75 Å². The summed E-state index contributed by atoms with van der Waals surface area (Å²) in [5, 5.41) is 2.81. The lowest BCUT2D eigenvalue weighted by Gasteiger charge is -2.25. The van der Waals surface area contributed by atoms with Crippen LogP contribution in [0.15, 0.2) is 43.0 Å². The molecule has 4 rings (SSSR count). The van der Waals surface area contributed by atoms with Gasteiger partial charge in [-0.2, -0.15) is 0 Å². The standard InChI is InChI=1S/C20H26N4O3/c25-19-22-15-20(27-19)6-3-9-23(10-7-20)14-17-4-1-2-5-18(17)26-13-12-24-11-8-21-16-24/h1-2,4-5,8,11,16H,3,6-7,9-10,12-15H2,(H,22,25)/t20-/m0/s1. The smallest absolute Gasteiger partial charge is 0.407 e. The van der Waals surface area contributed by atoms with E-state index in [4.69, 9.17) is 9.47 Å². The second-order valence-electron chi connectivity index (χ2n) is 7.31. The van der Waals surface area contributed by atoms with Crippen LogP contribution >= 0.6 is 0 Å². The monoisotopic (exact) mass is 370 g/mol. The van der Waals surface area contributed by atoms with Gasteiger partial charge in [0.1, 0.15) is 18.0 Å². The van der Waals surface area contributed by atoms with Gasteiger partial charge in [-0.3, -0.25) is 4.90 Å². The second kappa shape index (κ2) is 8.00. The molecule has 7 nitrogen and oxygen atoms in total. The first-order valence-electron chi connectivity index (χ1n) is 9.58. The Morgan fingerprint density at radius 1 is 1.26 bits per heavy atom. The molecule has 2 fully saturated rings. The first-order chi connectivity index (χ1) is 13.2. The molecule has 144 valence electrons. The second-order valence-corrected chi connectivity index (χ2v) is 7.31. The molecule has 0 radical (unpaired) electrons. The molecule has 0 saturated carbocycles. The van der Waals surface area contributed by atoms with Gasteiger partial charge < -0.3 is 19.4 Å². The van der Waals surface area contributed by atoms with Gasteiger partial charge in [0, 0.05) is 37.5 Å². The summed E-state index contributed by atoms with van der Waals surface area (Å²) in [6, 6.07) is 8.23. The fourth-order valence-corrected chi connectivity index (χ4v) is 3.86. The van der Waals surface area contributed by atoms with E-state index in [0.29, 0.717) is 13.2 Å². The lowest BCUT2D eigenvalue weighted by Crippen LogP contribution is -2.34. The highest BCUT2D eigenvalue weighted by molar-refractivity contribution is 5.70. The number of aromatic nitrogens is 2. The number of nitrogens with zero attached hydrogens (tertiary/aromatic N) is 3. The Bertz CT molecular complexity index is 764. The van der Waals surface area contributed by atoms with E-state index in [0.717, 1.165) is 51.2 Å². The van der Waals surface area contributed by atoms with Crippen LogP contribution in [-0.2, 0) is 17.8 Å². The van der Waals surface area contributed by atoms with Gasteiger partial charge in [0.2, 0.25) is 0 Å². The maximum atomic E-state index is 11.5. The van der Waals surface area contributed by atoms with Crippen LogP contribution in [0.2, 0.25) is 0 Å². The van der Waals surface area contributed by atoms with Gasteiger partial charge in [-0.05, 0) is 25.5 Å². The Balaban J connectivity index is 1.34. The van der Waals surface area contributed by atoms with Gasteiger partial charge in [-0.15, -0.1) is 0 Å². The van der Waals surface area contributed by atoms with E-state index in [1.54, 1.807) is 12.5 Å². The Hall–Kier alpha value is -2.54. The van der Waals surface area contributed by atoms with Gasteiger partial charge in [-0.1, -0.05) is 18.2 Å². The van der Waals surface area contributed by atoms with Crippen molar-refractivity contribution in [2.75, 3.05) is 26.2 Å². The predicted molar refractivity (Wildman–Crippen MR) is 101 cm³/mol. The zero-order valence-corrected chi connectivity index (χ0v) is 15.5. The quantitative estimate of drug-likeness (QED) is 0.846. The van der Waals surface area contributed by atoms with Crippen molar-refractivity contribution in [3.63, 3.8) is 0 Å². The van der Waals surface area contributed by atoms with Crippen molar-refractivity contribution in [2.45, 2.75) is 38.0 Å². The number of alkyl carbamates (subject to hydrolysis) is 1. The summed E-state index contributed by atoms with van der Waals surface area (Å²) < 4.78 is 13.6. The predicted octanol–water partition coefficient (Wildman–Crippen LogP) is 2.43. The van der Waals surface area contributed by atoms with E-state index < -0.39 is 0 Å². The van der Waals surface area contributed by atoms with Crippen LogP contribution in [0.4, 0.5) is 4.79 Å². The highest BCUT2D eigenvalue weighted by Gasteiger charge is 2.41. The van der Waals surface area contributed by atoms with E-state index in [1.807, 2.05) is 22.9 Å². The summed E-state index contributed by atoms with van der Waals surface area (Å²) >= 11 is 0. The average molecular weight is 370 g/mol. The number of ether oxygens (including phenoxy) is 2. The third-order valence-corrected chi connectivity index (χ3v) is 5.39. The number of benzene rings is 1. The van der Waals surface area contributed by atoms with Gasteiger partial charge >= 0.3 is 6.09 Å². The molecule has 1 aromatic carbocycles. The normalized spacial score (nSPS) is 23.0. The SMILES string of the molecule is O=C1NC[C@@]2(CCCN(Cc3ccccc3OCCn3ccnc3)CC2)O1. The molecule has 1 spiro atoms. The molecule has 2 aliphatic heterocycles. The first kappa shape index (κ1) is 17.9. The van der Waals surface area contributed by atoms with Crippen LogP contribution in [0, 0.1) is 0 Å². The number of hydrogen-bond acceptors (Lipinski definition) is 5. The van der Waals surface area contributed by atoms with Crippen LogP contribution in [0.25, 0.3) is 0 Å². The number of nitrogens with one attached hydrogen (secondary N) is 1. The maximum Gasteiger partial charge on any atom is 0.407 e. The Labute approximate surface area is 159 Å². The number of carbonyl (C=O) groups is 1. The molecule has 0 unspecified atom stereocenters. The van der Waals surface area contributed by atoms with Crippen LogP contribution in [0.3, 0.4) is 0 Å². The molecule has 2 aromatic rings. The number of carbonyl (C=O) groups excluding carboxylic acids is 1. The molecule has 1 aromatic heterocycles. The highest BCUT2D eigenvalue weighted by atomic mass is 16.6. The lowest BCUT2D eigenvalue weighted by atomic mass is 9.95. The van der Waals surface area contributed by atoms with Crippen molar-refractivity contribution in [3.8, 4) is 5.75 Å². The molecule has 1 atom stereocenters. The Morgan fingerprint density at radius 2 is 2.19 bits per heavy atom. The molecule has 1 amide bonds. The number of hydrogen-bond donors (Lipinski definition) is 1. The summed E-state index contributed by atoms with van der Waals surface area (Å²) in [5.74, 6) is 0.936. The number of para-hydroxylation sites is 1. The maximum absolute atomic E-state index is 11.5. The minimum Gasteiger partial charge on any atom is -0.491 e. The zero-order valence-electron chi connectivity index (χ0n) is 15.5. The van der Waals surface area contributed by atoms with Crippen molar-refractivity contribution in [1.82, 2.24) is 19.8 Å². The molecule has 2 saturated heterocycles. The topological polar surface area (TPSA) is 68.6 Å². The van der Waals surface area contributed by atoms with E-state index in [9.17, 15) is 4.79 Å². The summed E-state index contributed by atoms with van der Waals surface area (Å²) in [4.78, 5) is 17.9. The summed E-state index contributed by atoms with van der Waals surface area (Å²) in [6.07, 6.45) is 8.05. The lowest BCUT2D eigenvalue weighted by molar-refractivity contribution is 0.0443. The fourth-order valence-electron chi connectivity index (χ4n) is 3.86. The van der Waals surface area contributed by atoms with Gasteiger partial charge in [0.05, 0.1) is 19.4 Å². The van der Waals surface area contributed by atoms with E-state index in [-0.39, 0.29) is 11.7 Å². The van der Waals surface area contributed by atoms with Crippen molar-refractivity contribution in [1.29, 1.82) is 0 Å². The van der Waals surface area contributed by atoms with Crippen molar-refractivity contribution < 1.29 is 14.3 Å². The number of likely N-dealkylation sites (tertiary alicyclic amines) is 1. The Morgan fingerprint density at radius 3 is 3.00 bits per heavy atom. The zero-order chi connectivity index (χ0) is 18.5. The summed E-state index contributed by atoms with van der Waals surface area (Å²) in [5.41, 5.74) is 0.882. The third kappa shape index (κ3) is 4.42. The van der Waals surface area contributed by atoms with Gasteiger partial charge in [0.25, 0.3) is 0 Å². The fraction of sp³-hybridized carbons (Fsp3) is 0.500. The number of imidazole rings is 1. The van der Waals surface area contributed by atoms with Crippen molar-refractivity contribution in [2.24, 2.45) is 0 Å². The third-order valence-electron chi connectivity index (χ3n) is 5.39. The minimum atomic E-state index is -0.313. The van der Waals surface area contributed by atoms with E-state index in [1.165, 1.54) is 5.56 Å². The molecule has 1 N–H and O–H groups in total. The molecule has 7 heteroatoms. The number of rotatable bonds is 6. The van der Waals surface area contributed by atoms with Crippen molar-refractivity contribution >= 4 is 6.09 Å². The van der Waals surface area contributed by atoms with Crippen LogP contribution < -0.4 is 10.1 Å². The first-order valence-corrected chi connectivity index (χ1v) is 9.58. The number of amides is 1. The molecule has 3 heterocycles.